The predicted octanol–water partition coefficient (Wildman–Crippen LogP) is 3.08. The van der Waals surface area contributed by atoms with E-state index in [-0.39, 0.29) is 0 Å². The van der Waals surface area contributed by atoms with E-state index in [2.05, 4.69) is 44.7 Å². The summed E-state index contributed by atoms with van der Waals surface area (Å²) in [6.07, 6.45) is 6.19. The molecule has 1 aromatic carbocycles. The lowest BCUT2D eigenvalue weighted by molar-refractivity contribution is 0.209. The molecule has 1 unspecified atom stereocenters. The van der Waals surface area contributed by atoms with E-state index >= 15 is 0 Å². The maximum atomic E-state index is 5.66. The lowest BCUT2D eigenvalue weighted by Crippen LogP contribution is -2.33. The number of nitrogens with one attached hydrogen (secondary N) is 2. The lowest BCUT2D eigenvalue weighted by Gasteiger charge is -2.26. The third-order valence-corrected chi connectivity index (χ3v) is 4.63. The van der Waals surface area contributed by atoms with Crippen LogP contribution < -0.4 is 5.32 Å². The molecule has 0 spiro atoms. The Morgan fingerprint density at radius 2 is 2.17 bits per heavy atom. The van der Waals surface area contributed by atoms with Gasteiger partial charge in [-0.3, -0.25) is 10.00 Å². The number of H-pyrrole nitrogens is 1. The number of nitrogens with zero attached hydrogens (tertiary/aromatic N) is 2. The van der Waals surface area contributed by atoms with Crippen molar-refractivity contribution in [1.29, 1.82) is 0 Å². The first kappa shape index (κ1) is 14.5. The number of hydrogen-bond donors (Lipinski definition) is 2. The Balaban J connectivity index is 1.41. The Kier molecular flexibility index (Phi) is 4.13. The van der Waals surface area contributed by atoms with Gasteiger partial charge < -0.3 is 9.73 Å². The number of hydrogen-bond acceptors (Lipinski definition) is 4. The molecule has 1 aliphatic rings. The highest BCUT2D eigenvalue weighted by Crippen LogP contribution is 2.25. The summed E-state index contributed by atoms with van der Waals surface area (Å²) in [4.78, 5) is 2.52. The minimum atomic E-state index is 0.323. The first-order valence-electron chi connectivity index (χ1n) is 8.30. The Morgan fingerprint density at radius 3 is 3.00 bits per heavy atom. The Labute approximate surface area is 135 Å². The first-order chi connectivity index (χ1) is 11.4. The molecule has 1 atom stereocenters. The van der Waals surface area contributed by atoms with E-state index < -0.39 is 0 Å². The highest BCUT2D eigenvalue weighted by Gasteiger charge is 2.24. The van der Waals surface area contributed by atoms with E-state index in [4.69, 9.17) is 4.42 Å². The summed E-state index contributed by atoms with van der Waals surface area (Å²) in [6.45, 7) is 4.06. The van der Waals surface area contributed by atoms with E-state index in [0.717, 1.165) is 42.8 Å². The summed E-state index contributed by atoms with van der Waals surface area (Å²) in [6, 6.07) is 10.8. The summed E-state index contributed by atoms with van der Waals surface area (Å²) in [5, 5.41) is 11.8. The molecule has 3 heterocycles. The molecule has 5 nitrogen and oxygen atoms in total. The number of likely N-dealkylation sites (tertiary alicyclic amines) is 1. The predicted molar refractivity (Wildman–Crippen MR) is 90.1 cm³/mol. The van der Waals surface area contributed by atoms with Gasteiger partial charge in [0.15, 0.2) is 0 Å². The molecular weight excluding hydrogens is 288 g/mol. The van der Waals surface area contributed by atoms with Crippen molar-refractivity contribution in [2.45, 2.75) is 25.4 Å². The molecule has 1 saturated heterocycles. The van der Waals surface area contributed by atoms with Gasteiger partial charge in [-0.25, -0.2) is 0 Å². The van der Waals surface area contributed by atoms with Crippen molar-refractivity contribution in [2.75, 3.05) is 19.6 Å². The fourth-order valence-electron chi connectivity index (χ4n) is 3.39. The van der Waals surface area contributed by atoms with Gasteiger partial charge >= 0.3 is 0 Å². The molecule has 5 heteroatoms. The number of furan rings is 1. The molecule has 120 valence electrons. The van der Waals surface area contributed by atoms with Crippen molar-refractivity contribution in [3.63, 3.8) is 0 Å². The molecule has 2 aromatic heterocycles. The summed E-state index contributed by atoms with van der Waals surface area (Å²) < 4.78 is 5.66. The number of rotatable bonds is 6. The summed E-state index contributed by atoms with van der Waals surface area (Å²) in [5.41, 5.74) is 2.35. The SMILES string of the molecule is c1coc(C(CNCc2ccc3cn[nH]c3c2)N2CCCC2)c1. The van der Waals surface area contributed by atoms with Crippen LogP contribution in [0.5, 0.6) is 0 Å². The number of fused-ring (bicyclic) bond motifs is 1. The maximum Gasteiger partial charge on any atom is 0.122 e. The maximum absolute atomic E-state index is 5.66. The quantitative estimate of drug-likeness (QED) is 0.734. The Bertz CT molecular complexity index is 743. The average molecular weight is 310 g/mol. The number of aromatic amines is 1. The van der Waals surface area contributed by atoms with Gasteiger partial charge in [-0.1, -0.05) is 12.1 Å². The van der Waals surface area contributed by atoms with Crippen molar-refractivity contribution in [1.82, 2.24) is 20.4 Å². The molecule has 0 radical (unpaired) electrons. The summed E-state index contributed by atoms with van der Waals surface area (Å²) >= 11 is 0. The molecule has 0 saturated carbocycles. The Hall–Kier alpha value is -2.11. The number of aromatic nitrogens is 2. The van der Waals surface area contributed by atoms with Crippen LogP contribution in [0.2, 0.25) is 0 Å². The second kappa shape index (κ2) is 6.56. The van der Waals surface area contributed by atoms with E-state index in [1.165, 1.54) is 18.4 Å². The van der Waals surface area contributed by atoms with E-state index in [1.807, 2.05) is 12.3 Å². The second-order valence-corrected chi connectivity index (χ2v) is 6.20. The second-order valence-electron chi connectivity index (χ2n) is 6.20. The van der Waals surface area contributed by atoms with Crippen LogP contribution in [0.25, 0.3) is 10.9 Å². The van der Waals surface area contributed by atoms with Crippen LogP contribution in [0, 0.1) is 0 Å². The highest BCUT2D eigenvalue weighted by atomic mass is 16.3. The van der Waals surface area contributed by atoms with Crippen molar-refractivity contribution in [3.05, 3.63) is 54.1 Å². The van der Waals surface area contributed by atoms with E-state index in [1.54, 1.807) is 6.26 Å². The molecule has 2 N–H and O–H groups in total. The average Bonchev–Trinajstić information content (AvgIpc) is 3.33. The third kappa shape index (κ3) is 3.16. The zero-order chi connectivity index (χ0) is 15.5. The van der Waals surface area contributed by atoms with Crippen LogP contribution in [0.3, 0.4) is 0 Å². The molecule has 0 aliphatic carbocycles. The zero-order valence-electron chi connectivity index (χ0n) is 13.2. The zero-order valence-corrected chi connectivity index (χ0v) is 13.2. The molecule has 0 amide bonds. The smallest absolute Gasteiger partial charge is 0.122 e. The minimum Gasteiger partial charge on any atom is -0.468 e. The lowest BCUT2D eigenvalue weighted by atomic mass is 10.1. The molecule has 3 aromatic rings. The van der Waals surface area contributed by atoms with Gasteiger partial charge in [0.25, 0.3) is 0 Å². The molecule has 0 bridgehead atoms. The van der Waals surface area contributed by atoms with E-state index in [9.17, 15) is 0 Å². The summed E-state index contributed by atoms with van der Waals surface area (Å²) in [7, 11) is 0. The molecule has 1 aliphatic heterocycles. The topological polar surface area (TPSA) is 57.1 Å². The van der Waals surface area contributed by atoms with Crippen LogP contribution >= 0.6 is 0 Å². The largest absolute Gasteiger partial charge is 0.468 e. The molecule has 23 heavy (non-hydrogen) atoms. The standard InChI is InChI=1S/C18H22N4O/c1-2-8-22(7-1)17(18-4-3-9-23-18)13-19-11-14-5-6-15-12-20-21-16(15)10-14/h3-6,9-10,12,17,19H,1-2,7-8,11,13H2,(H,20,21). The van der Waals surface area contributed by atoms with Crippen molar-refractivity contribution < 1.29 is 4.42 Å². The van der Waals surface area contributed by atoms with Crippen molar-refractivity contribution >= 4 is 10.9 Å². The van der Waals surface area contributed by atoms with Gasteiger partial charge in [0, 0.05) is 18.5 Å². The van der Waals surface area contributed by atoms with Gasteiger partial charge in [0.2, 0.25) is 0 Å². The molecule has 1 fully saturated rings. The van der Waals surface area contributed by atoms with Gasteiger partial charge in [0.05, 0.1) is 24.0 Å². The monoisotopic (exact) mass is 310 g/mol. The third-order valence-electron chi connectivity index (χ3n) is 4.63. The van der Waals surface area contributed by atoms with Crippen LogP contribution in [-0.4, -0.2) is 34.7 Å². The van der Waals surface area contributed by atoms with Crippen molar-refractivity contribution in [3.8, 4) is 0 Å². The van der Waals surface area contributed by atoms with Gasteiger partial charge in [-0.05, 0) is 49.7 Å². The van der Waals surface area contributed by atoms with Crippen LogP contribution in [-0.2, 0) is 6.54 Å². The number of benzene rings is 1. The van der Waals surface area contributed by atoms with Crippen LogP contribution in [0.15, 0.2) is 47.2 Å². The van der Waals surface area contributed by atoms with Gasteiger partial charge in [-0.2, -0.15) is 5.10 Å². The van der Waals surface area contributed by atoms with Gasteiger partial charge in [0.1, 0.15) is 5.76 Å². The summed E-state index contributed by atoms with van der Waals surface area (Å²) in [5.74, 6) is 1.06. The first-order valence-corrected chi connectivity index (χ1v) is 8.30. The molecular formula is C18H22N4O. The van der Waals surface area contributed by atoms with E-state index in [0.29, 0.717) is 6.04 Å². The Morgan fingerprint density at radius 1 is 1.26 bits per heavy atom. The van der Waals surface area contributed by atoms with Crippen molar-refractivity contribution in [2.24, 2.45) is 0 Å². The normalized spacial score (nSPS) is 17.0. The molecule has 4 rings (SSSR count). The van der Waals surface area contributed by atoms with Crippen LogP contribution in [0.1, 0.15) is 30.2 Å². The van der Waals surface area contributed by atoms with Crippen LogP contribution in [0.4, 0.5) is 0 Å². The van der Waals surface area contributed by atoms with Gasteiger partial charge in [-0.15, -0.1) is 0 Å². The fraction of sp³-hybridized carbons (Fsp3) is 0.389. The fourth-order valence-corrected chi connectivity index (χ4v) is 3.39. The highest BCUT2D eigenvalue weighted by molar-refractivity contribution is 5.78. The minimum absolute atomic E-state index is 0.323.